The molecule has 0 radical (unpaired) electrons. The lowest BCUT2D eigenvalue weighted by Gasteiger charge is -2.03. The highest BCUT2D eigenvalue weighted by molar-refractivity contribution is 5.92. The molecular formula is C16H17N5O2. The van der Waals surface area contributed by atoms with E-state index >= 15 is 0 Å². The number of benzene rings is 1. The van der Waals surface area contributed by atoms with Gasteiger partial charge in [0.25, 0.3) is 5.91 Å². The van der Waals surface area contributed by atoms with Crippen molar-refractivity contribution in [1.82, 2.24) is 19.9 Å². The Morgan fingerprint density at radius 1 is 1.35 bits per heavy atom. The van der Waals surface area contributed by atoms with Crippen LogP contribution in [0.15, 0.2) is 53.7 Å². The van der Waals surface area contributed by atoms with Crippen LogP contribution in [-0.4, -0.2) is 27.0 Å². The Bertz CT molecular complexity index is 779. The van der Waals surface area contributed by atoms with Crippen molar-refractivity contribution in [3.05, 3.63) is 54.9 Å². The smallest absolute Gasteiger partial charge is 0.273 e. The number of nitrogens with one attached hydrogen (secondary N) is 1. The summed E-state index contributed by atoms with van der Waals surface area (Å²) < 4.78 is 7.31. The van der Waals surface area contributed by atoms with E-state index in [9.17, 15) is 4.79 Å². The molecule has 0 atom stereocenters. The van der Waals surface area contributed by atoms with Crippen molar-refractivity contribution in [3.8, 4) is 11.5 Å². The molecule has 0 saturated carbocycles. The van der Waals surface area contributed by atoms with Crippen molar-refractivity contribution in [3.63, 3.8) is 0 Å². The summed E-state index contributed by atoms with van der Waals surface area (Å²) in [6.07, 6.45) is 7.50. The Kier molecular flexibility index (Phi) is 4.37. The van der Waals surface area contributed by atoms with Crippen molar-refractivity contribution in [2.75, 3.05) is 12.3 Å². The van der Waals surface area contributed by atoms with Crippen LogP contribution in [0.3, 0.4) is 0 Å². The van der Waals surface area contributed by atoms with Crippen LogP contribution in [0.1, 0.15) is 16.9 Å². The van der Waals surface area contributed by atoms with Gasteiger partial charge in [0.1, 0.15) is 6.26 Å². The highest BCUT2D eigenvalue weighted by Gasteiger charge is 2.14. The number of para-hydroxylation sites is 1. The minimum atomic E-state index is -0.264. The second-order valence-corrected chi connectivity index (χ2v) is 5.04. The molecule has 0 aliphatic carbocycles. The highest BCUT2D eigenvalue weighted by Crippen LogP contribution is 2.24. The molecule has 0 fully saturated rings. The predicted octanol–water partition coefficient (Wildman–Crippen LogP) is 1.94. The zero-order valence-corrected chi connectivity index (χ0v) is 12.5. The predicted molar refractivity (Wildman–Crippen MR) is 85.5 cm³/mol. The van der Waals surface area contributed by atoms with Gasteiger partial charge in [-0.1, -0.05) is 12.1 Å². The fourth-order valence-corrected chi connectivity index (χ4v) is 2.17. The van der Waals surface area contributed by atoms with Crippen molar-refractivity contribution >= 4 is 11.6 Å². The van der Waals surface area contributed by atoms with Crippen LogP contribution >= 0.6 is 0 Å². The largest absolute Gasteiger partial charge is 0.444 e. The molecule has 3 N–H and O–H groups in total. The summed E-state index contributed by atoms with van der Waals surface area (Å²) in [5.74, 6) is 0.0757. The first-order chi connectivity index (χ1) is 11.2. The van der Waals surface area contributed by atoms with Crippen molar-refractivity contribution in [1.29, 1.82) is 0 Å². The van der Waals surface area contributed by atoms with Gasteiger partial charge in [0, 0.05) is 31.2 Å². The number of rotatable bonds is 6. The number of oxazole rings is 1. The Hall–Kier alpha value is -3.09. The molecule has 0 bridgehead atoms. The van der Waals surface area contributed by atoms with Crippen LogP contribution in [0.2, 0.25) is 0 Å². The highest BCUT2D eigenvalue weighted by atomic mass is 16.3. The van der Waals surface area contributed by atoms with E-state index in [4.69, 9.17) is 10.2 Å². The van der Waals surface area contributed by atoms with Gasteiger partial charge in [0.2, 0.25) is 5.89 Å². The van der Waals surface area contributed by atoms with Crippen molar-refractivity contribution < 1.29 is 9.21 Å². The summed E-state index contributed by atoms with van der Waals surface area (Å²) in [7, 11) is 0. The van der Waals surface area contributed by atoms with Gasteiger partial charge in [-0.25, -0.2) is 9.97 Å². The Morgan fingerprint density at radius 2 is 2.22 bits per heavy atom. The molecular weight excluding hydrogens is 294 g/mol. The summed E-state index contributed by atoms with van der Waals surface area (Å²) >= 11 is 0. The Labute approximate surface area is 133 Å². The van der Waals surface area contributed by atoms with E-state index in [1.807, 2.05) is 22.9 Å². The Morgan fingerprint density at radius 3 is 3.00 bits per heavy atom. The first-order valence-electron chi connectivity index (χ1n) is 7.28. The van der Waals surface area contributed by atoms with Gasteiger partial charge in [-0.3, -0.25) is 4.79 Å². The number of aromatic nitrogens is 3. The summed E-state index contributed by atoms with van der Waals surface area (Å²) in [4.78, 5) is 20.2. The molecule has 118 valence electrons. The third-order valence-corrected chi connectivity index (χ3v) is 3.37. The van der Waals surface area contributed by atoms with E-state index in [2.05, 4.69) is 15.3 Å². The topological polar surface area (TPSA) is 99.0 Å². The minimum Gasteiger partial charge on any atom is -0.444 e. The maximum absolute atomic E-state index is 12.1. The molecule has 0 aliphatic rings. The number of nitrogen functional groups attached to an aromatic ring is 1. The van der Waals surface area contributed by atoms with Crippen LogP contribution in [0.25, 0.3) is 11.5 Å². The van der Waals surface area contributed by atoms with Crippen LogP contribution < -0.4 is 11.1 Å². The van der Waals surface area contributed by atoms with E-state index in [1.165, 1.54) is 6.26 Å². The number of nitrogens with zero attached hydrogens (tertiary/aromatic N) is 3. The maximum atomic E-state index is 12.1. The van der Waals surface area contributed by atoms with Gasteiger partial charge >= 0.3 is 0 Å². The van der Waals surface area contributed by atoms with E-state index in [0.717, 1.165) is 13.0 Å². The Balaban J connectivity index is 1.55. The lowest BCUT2D eigenvalue weighted by Crippen LogP contribution is -2.25. The monoisotopic (exact) mass is 311 g/mol. The first kappa shape index (κ1) is 14.8. The quantitative estimate of drug-likeness (QED) is 0.535. The molecule has 0 saturated heterocycles. The average molecular weight is 311 g/mol. The van der Waals surface area contributed by atoms with Gasteiger partial charge in [-0.05, 0) is 18.6 Å². The number of hydrogen-bond donors (Lipinski definition) is 2. The third kappa shape index (κ3) is 3.57. The summed E-state index contributed by atoms with van der Waals surface area (Å²) in [5.41, 5.74) is 7.35. The zero-order chi connectivity index (χ0) is 16.1. The van der Waals surface area contributed by atoms with Gasteiger partial charge < -0.3 is 20.0 Å². The second kappa shape index (κ2) is 6.78. The lowest BCUT2D eigenvalue weighted by atomic mass is 10.2. The van der Waals surface area contributed by atoms with E-state index in [-0.39, 0.29) is 11.6 Å². The molecule has 0 aliphatic heterocycles. The number of amides is 1. The van der Waals surface area contributed by atoms with Crippen molar-refractivity contribution in [2.24, 2.45) is 0 Å². The normalized spacial score (nSPS) is 10.6. The van der Waals surface area contributed by atoms with Gasteiger partial charge in [0.15, 0.2) is 5.69 Å². The van der Waals surface area contributed by atoms with Crippen LogP contribution in [0, 0.1) is 0 Å². The fraction of sp³-hybridized carbons (Fsp3) is 0.188. The van der Waals surface area contributed by atoms with Gasteiger partial charge in [-0.2, -0.15) is 0 Å². The molecule has 3 rings (SSSR count). The third-order valence-electron chi connectivity index (χ3n) is 3.37. The van der Waals surface area contributed by atoms with Crippen molar-refractivity contribution in [2.45, 2.75) is 13.0 Å². The lowest BCUT2D eigenvalue weighted by molar-refractivity contribution is 0.0948. The fourth-order valence-electron chi connectivity index (χ4n) is 2.17. The van der Waals surface area contributed by atoms with E-state index in [1.54, 1.807) is 24.7 Å². The molecule has 7 heteroatoms. The number of nitrogens with two attached hydrogens (primary N) is 1. The summed E-state index contributed by atoms with van der Waals surface area (Å²) in [5, 5.41) is 2.81. The number of carbonyl (C=O) groups excluding carboxylic acids is 1. The number of anilines is 1. The standard InChI is InChI=1S/C16H17N5O2/c17-13-5-2-1-4-12(13)16-20-14(10-23-16)15(22)19-6-3-8-21-9-7-18-11-21/h1-2,4-5,7,9-11H,3,6,8,17H2,(H,19,22). The summed E-state index contributed by atoms with van der Waals surface area (Å²) in [6.45, 7) is 1.34. The molecule has 3 aromatic rings. The number of aryl methyl sites for hydroxylation is 1. The molecule has 2 aromatic heterocycles. The molecule has 0 spiro atoms. The van der Waals surface area contributed by atoms with Crippen LogP contribution in [0.4, 0.5) is 5.69 Å². The molecule has 1 aromatic carbocycles. The van der Waals surface area contributed by atoms with Crippen LogP contribution in [0.5, 0.6) is 0 Å². The second-order valence-electron chi connectivity index (χ2n) is 5.04. The number of carbonyl (C=O) groups is 1. The van der Waals surface area contributed by atoms with E-state index in [0.29, 0.717) is 23.7 Å². The van der Waals surface area contributed by atoms with Crippen LogP contribution in [-0.2, 0) is 6.54 Å². The molecule has 2 heterocycles. The molecule has 1 amide bonds. The average Bonchev–Trinajstić information content (AvgIpc) is 3.23. The van der Waals surface area contributed by atoms with E-state index < -0.39 is 0 Å². The SMILES string of the molecule is Nc1ccccc1-c1nc(C(=O)NCCCn2ccnc2)co1. The first-order valence-corrected chi connectivity index (χ1v) is 7.28. The molecule has 0 unspecified atom stereocenters. The maximum Gasteiger partial charge on any atom is 0.273 e. The van der Waals surface area contributed by atoms with Gasteiger partial charge in [0.05, 0.1) is 11.9 Å². The molecule has 7 nitrogen and oxygen atoms in total. The molecule has 23 heavy (non-hydrogen) atoms. The number of imidazole rings is 1. The zero-order valence-electron chi connectivity index (χ0n) is 12.5. The number of hydrogen-bond acceptors (Lipinski definition) is 5. The summed E-state index contributed by atoms with van der Waals surface area (Å²) in [6, 6.07) is 7.23. The minimum absolute atomic E-state index is 0.242. The van der Waals surface area contributed by atoms with Gasteiger partial charge in [-0.15, -0.1) is 0 Å².